The van der Waals surface area contributed by atoms with Crippen molar-refractivity contribution >= 4 is 40.8 Å². The first-order chi connectivity index (χ1) is 17.4. The van der Waals surface area contributed by atoms with Gasteiger partial charge in [0.25, 0.3) is 0 Å². The molecule has 0 bridgehead atoms. The van der Waals surface area contributed by atoms with Gasteiger partial charge < -0.3 is 19.5 Å². The summed E-state index contributed by atoms with van der Waals surface area (Å²) in [5, 5.41) is 3.19. The molecule has 1 amide bonds. The predicted octanol–water partition coefficient (Wildman–Crippen LogP) is 5.49. The van der Waals surface area contributed by atoms with E-state index in [2.05, 4.69) is 10.1 Å². The number of alkyl halides is 3. The Labute approximate surface area is 220 Å². The molecule has 1 aliphatic rings. The van der Waals surface area contributed by atoms with Crippen molar-refractivity contribution in [3.05, 3.63) is 52.3 Å². The van der Waals surface area contributed by atoms with E-state index in [0.717, 1.165) is 12.1 Å². The zero-order valence-corrected chi connectivity index (χ0v) is 21.1. The van der Waals surface area contributed by atoms with E-state index in [4.69, 9.17) is 32.7 Å². The number of benzene rings is 2. The van der Waals surface area contributed by atoms with E-state index in [-0.39, 0.29) is 24.1 Å². The van der Waals surface area contributed by atoms with Crippen molar-refractivity contribution in [1.82, 2.24) is 4.90 Å². The number of hydrogen-bond donors (Lipinski definition) is 1. The number of esters is 1. The molecule has 1 atom stereocenters. The lowest BCUT2D eigenvalue weighted by Crippen LogP contribution is -2.45. The number of anilines is 1. The number of carbonyl (C=O) groups excluding carboxylic acids is 2. The van der Waals surface area contributed by atoms with Gasteiger partial charge >= 0.3 is 12.1 Å². The van der Waals surface area contributed by atoms with Crippen molar-refractivity contribution in [3.63, 3.8) is 0 Å². The summed E-state index contributed by atoms with van der Waals surface area (Å²) in [6.45, 7) is 1.56. The zero-order chi connectivity index (χ0) is 27.2. The third-order valence-corrected chi connectivity index (χ3v) is 6.11. The SMILES string of the molecule is CC(=O)Nc1ccc(F)cc1OC[C@@H](CN1CCC(Oc2ccc(Cl)c(Cl)c2)CC1)OC(=O)C(F)(F)F. The molecule has 0 aromatic heterocycles. The fraction of sp³-hybridized carbons (Fsp3) is 0.417. The summed E-state index contributed by atoms with van der Waals surface area (Å²) >= 11 is 11.9. The summed E-state index contributed by atoms with van der Waals surface area (Å²) in [6.07, 6.45) is -5.57. The van der Waals surface area contributed by atoms with Gasteiger partial charge in [0.05, 0.1) is 15.7 Å². The Hall–Kier alpha value is -2.76. The minimum atomic E-state index is -5.20. The third-order valence-electron chi connectivity index (χ3n) is 5.37. The number of halogens is 6. The Morgan fingerprint density at radius 3 is 2.43 bits per heavy atom. The molecule has 1 aliphatic heterocycles. The van der Waals surface area contributed by atoms with Crippen molar-refractivity contribution in [2.75, 3.05) is 31.6 Å². The standard InChI is InChI=1S/C24H24Cl2F4N2O5/c1-14(33)31-21-5-2-15(27)10-22(21)35-13-18(37-23(34)24(28,29)30)12-32-8-6-16(7-9-32)36-17-3-4-19(25)20(26)11-17/h2-5,10-11,16,18H,6-9,12-13H2,1H3,(H,31,33)/t18-/m1/s1. The van der Waals surface area contributed by atoms with Gasteiger partial charge in [-0.25, -0.2) is 9.18 Å². The molecule has 202 valence electrons. The fourth-order valence-electron chi connectivity index (χ4n) is 3.67. The quantitative estimate of drug-likeness (QED) is 0.319. The number of carbonyl (C=O) groups is 2. The molecular formula is C24H24Cl2F4N2O5. The molecule has 3 rings (SSSR count). The molecule has 7 nitrogen and oxygen atoms in total. The molecule has 0 radical (unpaired) electrons. The third kappa shape index (κ3) is 8.94. The maximum absolute atomic E-state index is 13.7. The minimum absolute atomic E-state index is 0.0634. The molecule has 1 saturated heterocycles. The van der Waals surface area contributed by atoms with Crippen molar-refractivity contribution < 1.29 is 41.4 Å². The lowest BCUT2D eigenvalue weighted by molar-refractivity contribution is -0.206. The van der Waals surface area contributed by atoms with Crippen molar-refractivity contribution in [2.24, 2.45) is 0 Å². The van der Waals surface area contributed by atoms with E-state index in [0.29, 0.717) is 41.7 Å². The zero-order valence-electron chi connectivity index (χ0n) is 19.6. The largest absolute Gasteiger partial charge is 0.490 e. The number of likely N-dealkylation sites (tertiary alicyclic amines) is 1. The van der Waals surface area contributed by atoms with Crippen LogP contribution in [0.5, 0.6) is 11.5 Å². The smallest absolute Gasteiger partial charge is 0.490 e. The van der Waals surface area contributed by atoms with E-state index < -0.39 is 36.6 Å². The summed E-state index contributed by atoms with van der Waals surface area (Å²) in [7, 11) is 0. The van der Waals surface area contributed by atoms with Crippen LogP contribution < -0.4 is 14.8 Å². The number of nitrogens with zero attached hydrogens (tertiary/aromatic N) is 1. The van der Waals surface area contributed by atoms with Crippen LogP contribution in [-0.4, -0.2) is 61.4 Å². The first-order valence-electron chi connectivity index (χ1n) is 11.2. The number of rotatable bonds is 9. The second-order valence-corrected chi connectivity index (χ2v) is 9.17. The summed E-state index contributed by atoms with van der Waals surface area (Å²) in [6, 6.07) is 8.21. The van der Waals surface area contributed by atoms with Gasteiger partial charge in [-0.15, -0.1) is 0 Å². The highest BCUT2D eigenvalue weighted by Gasteiger charge is 2.42. The second-order valence-electron chi connectivity index (χ2n) is 8.35. The van der Waals surface area contributed by atoms with Gasteiger partial charge in [0.2, 0.25) is 5.91 Å². The van der Waals surface area contributed by atoms with Crippen LogP contribution in [0.3, 0.4) is 0 Å². The molecule has 0 saturated carbocycles. The highest BCUT2D eigenvalue weighted by atomic mass is 35.5. The monoisotopic (exact) mass is 566 g/mol. The van der Waals surface area contributed by atoms with Crippen LogP contribution in [0, 0.1) is 5.82 Å². The average molecular weight is 567 g/mol. The second kappa shape index (κ2) is 12.7. The van der Waals surface area contributed by atoms with Crippen LogP contribution in [-0.2, 0) is 14.3 Å². The molecule has 13 heteroatoms. The van der Waals surface area contributed by atoms with Crippen LogP contribution >= 0.6 is 23.2 Å². The highest BCUT2D eigenvalue weighted by Crippen LogP contribution is 2.29. The summed E-state index contributed by atoms with van der Waals surface area (Å²) < 4.78 is 68.4. The van der Waals surface area contributed by atoms with E-state index in [1.807, 2.05) is 4.90 Å². The normalized spacial score (nSPS) is 15.6. The molecule has 1 heterocycles. The van der Waals surface area contributed by atoms with Crippen LogP contribution in [0.25, 0.3) is 0 Å². The van der Waals surface area contributed by atoms with Crippen molar-refractivity contribution in [1.29, 1.82) is 0 Å². The molecule has 2 aromatic carbocycles. The fourth-order valence-corrected chi connectivity index (χ4v) is 3.96. The molecule has 1 N–H and O–H groups in total. The molecule has 0 aliphatic carbocycles. The van der Waals surface area contributed by atoms with E-state index in [9.17, 15) is 27.2 Å². The van der Waals surface area contributed by atoms with Crippen LogP contribution in [0.2, 0.25) is 10.0 Å². The van der Waals surface area contributed by atoms with Gasteiger partial charge in [-0.1, -0.05) is 23.2 Å². The molecule has 0 spiro atoms. The first kappa shape index (κ1) is 28.8. The van der Waals surface area contributed by atoms with Crippen LogP contribution in [0.1, 0.15) is 19.8 Å². The minimum Gasteiger partial charge on any atom is -0.490 e. The first-order valence-corrected chi connectivity index (χ1v) is 12.0. The molecule has 2 aromatic rings. The Kier molecular flexibility index (Phi) is 9.86. The van der Waals surface area contributed by atoms with Gasteiger partial charge in [-0.2, -0.15) is 13.2 Å². The van der Waals surface area contributed by atoms with Crippen LogP contribution in [0.4, 0.5) is 23.2 Å². The Morgan fingerprint density at radius 2 is 1.81 bits per heavy atom. The average Bonchev–Trinajstić information content (AvgIpc) is 2.81. The van der Waals surface area contributed by atoms with Gasteiger partial charge in [0.15, 0.2) is 0 Å². The van der Waals surface area contributed by atoms with Gasteiger partial charge in [-0.3, -0.25) is 9.69 Å². The predicted molar refractivity (Wildman–Crippen MR) is 129 cm³/mol. The lowest BCUT2D eigenvalue weighted by Gasteiger charge is -2.34. The van der Waals surface area contributed by atoms with Gasteiger partial charge in [0.1, 0.15) is 36.1 Å². The maximum Gasteiger partial charge on any atom is 0.490 e. The van der Waals surface area contributed by atoms with E-state index >= 15 is 0 Å². The highest BCUT2D eigenvalue weighted by molar-refractivity contribution is 6.42. The van der Waals surface area contributed by atoms with Gasteiger partial charge in [0, 0.05) is 38.7 Å². The summed E-state index contributed by atoms with van der Waals surface area (Å²) in [5.74, 6) is -3.07. The molecule has 37 heavy (non-hydrogen) atoms. The van der Waals surface area contributed by atoms with Crippen molar-refractivity contribution in [3.8, 4) is 11.5 Å². The Balaban J connectivity index is 1.62. The molecule has 0 unspecified atom stereocenters. The van der Waals surface area contributed by atoms with E-state index in [1.54, 1.807) is 18.2 Å². The summed E-state index contributed by atoms with van der Waals surface area (Å²) in [5.41, 5.74) is 0.120. The number of piperidine rings is 1. The number of amides is 1. The number of ether oxygens (including phenoxy) is 3. The molecular weight excluding hydrogens is 543 g/mol. The van der Waals surface area contributed by atoms with Crippen LogP contribution in [0.15, 0.2) is 36.4 Å². The Bertz CT molecular complexity index is 1110. The lowest BCUT2D eigenvalue weighted by atomic mass is 10.1. The summed E-state index contributed by atoms with van der Waals surface area (Å²) in [4.78, 5) is 24.7. The molecule has 1 fully saturated rings. The maximum atomic E-state index is 13.7. The number of hydrogen-bond acceptors (Lipinski definition) is 6. The Morgan fingerprint density at radius 1 is 1.11 bits per heavy atom. The topological polar surface area (TPSA) is 77.1 Å². The van der Waals surface area contributed by atoms with Gasteiger partial charge in [-0.05, 0) is 37.1 Å². The van der Waals surface area contributed by atoms with E-state index in [1.165, 1.54) is 13.0 Å². The van der Waals surface area contributed by atoms with Crippen molar-refractivity contribution in [2.45, 2.75) is 38.1 Å². The number of nitrogens with one attached hydrogen (secondary N) is 1.